The fraction of sp³-hybridized carbons (Fsp3) is 0.435. The molecule has 0 spiro atoms. The second kappa shape index (κ2) is 9.99. The summed E-state index contributed by atoms with van der Waals surface area (Å²) in [4.78, 5) is 26.0. The summed E-state index contributed by atoms with van der Waals surface area (Å²) in [6.07, 6.45) is 1.39. The summed E-state index contributed by atoms with van der Waals surface area (Å²) in [5.74, 6) is -0.231. The maximum absolute atomic E-state index is 13.1. The number of methoxy groups -OCH3 is 2. The fourth-order valence-electron chi connectivity index (χ4n) is 3.09. The van der Waals surface area contributed by atoms with Crippen LogP contribution in [0, 0.1) is 11.3 Å². The Morgan fingerprint density at radius 3 is 2.45 bits per heavy atom. The van der Waals surface area contributed by atoms with E-state index in [1.807, 2.05) is 0 Å². The smallest absolute Gasteiger partial charge is 0.329 e. The van der Waals surface area contributed by atoms with E-state index in [9.17, 15) is 14.9 Å². The van der Waals surface area contributed by atoms with Crippen LogP contribution in [0.3, 0.4) is 0 Å². The zero-order chi connectivity index (χ0) is 23.3. The van der Waals surface area contributed by atoms with Gasteiger partial charge in [0, 0.05) is 35.7 Å². The normalized spacial score (nSPS) is 13.2. The predicted octanol–water partition coefficient (Wildman–Crippen LogP) is 4.36. The van der Waals surface area contributed by atoms with Crippen molar-refractivity contribution in [2.24, 2.45) is 0 Å². The number of benzene rings is 1. The lowest BCUT2D eigenvalue weighted by atomic mass is 10.00. The van der Waals surface area contributed by atoms with Crippen LogP contribution < -0.4 is 10.3 Å². The molecule has 0 saturated carbocycles. The molecule has 1 heterocycles. The summed E-state index contributed by atoms with van der Waals surface area (Å²) in [6, 6.07) is 7.28. The van der Waals surface area contributed by atoms with Gasteiger partial charge in [-0.1, -0.05) is 11.6 Å². The third kappa shape index (κ3) is 6.09. The molecule has 166 valence electrons. The van der Waals surface area contributed by atoms with Gasteiger partial charge in [-0.2, -0.15) is 5.26 Å². The summed E-state index contributed by atoms with van der Waals surface area (Å²) in [5.41, 5.74) is 0.0537. The van der Waals surface area contributed by atoms with Gasteiger partial charge >= 0.3 is 5.97 Å². The van der Waals surface area contributed by atoms with Gasteiger partial charge in [0.05, 0.1) is 31.0 Å². The number of rotatable bonds is 7. The zero-order valence-corrected chi connectivity index (χ0v) is 19.3. The number of hydrogen-bond donors (Lipinski definition) is 0. The first-order valence-electron chi connectivity index (χ1n) is 9.76. The van der Waals surface area contributed by atoms with Crippen LogP contribution in [-0.2, 0) is 14.3 Å². The molecule has 8 heteroatoms. The minimum absolute atomic E-state index is 0.231. The standard InChI is InChI=1S/C23H27ClN2O5/c1-14(29-5)9-19(22(28)31-23(2,3)4)26-13-20(30-6)18(11-21(26)27)17-10-16(24)8-7-15(17)12-25/h7-8,10-11,13-14,19H,9H2,1-6H3/t14-,19?/m0/s1. The van der Waals surface area contributed by atoms with Crippen molar-refractivity contribution in [1.82, 2.24) is 4.57 Å². The van der Waals surface area contributed by atoms with Crippen LogP contribution in [0.25, 0.3) is 11.1 Å². The topological polar surface area (TPSA) is 90.5 Å². The SMILES string of the molecule is COc1cn(C(C[C@H](C)OC)C(=O)OC(C)(C)C)c(=O)cc1-c1cc(Cl)ccc1C#N. The monoisotopic (exact) mass is 446 g/mol. The largest absolute Gasteiger partial charge is 0.495 e. The van der Waals surface area contributed by atoms with Crippen molar-refractivity contribution in [2.75, 3.05) is 14.2 Å². The Hall–Kier alpha value is -2.82. The summed E-state index contributed by atoms with van der Waals surface area (Å²) in [6.45, 7) is 7.09. The minimum Gasteiger partial charge on any atom is -0.495 e. The van der Waals surface area contributed by atoms with E-state index in [4.69, 9.17) is 25.8 Å². The molecule has 2 aromatic rings. The van der Waals surface area contributed by atoms with E-state index in [0.29, 0.717) is 27.5 Å². The molecule has 0 fully saturated rings. The second-order valence-corrected chi connectivity index (χ2v) is 8.57. The lowest BCUT2D eigenvalue weighted by Crippen LogP contribution is -2.36. The molecule has 31 heavy (non-hydrogen) atoms. The first-order valence-corrected chi connectivity index (χ1v) is 10.1. The predicted molar refractivity (Wildman–Crippen MR) is 118 cm³/mol. The summed E-state index contributed by atoms with van der Waals surface area (Å²) >= 11 is 6.11. The Labute approximate surface area is 187 Å². The highest BCUT2D eigenvalue weighted by Gasteiger charge is 2.30. The number of esters is 1. The van der Waals surface area contributed by atoms with Crippen molar-refractivity contribution in [3.63, 3.8) is 0 Å². The van der Waals surface area contributed by atoms with Crippen LogP contribution >= 0.6 is 11.6 Å². The Kier molecular flexibility index (Phi) is 7.88. The molecule has 1 unspecified atom stereocenters. The van der Waals surface area contributed by atoms with E-state index >= 15 is 0 Å². The van der Waals surface area contributed by atoms with Gasteiger partial charge in [-0.25, -0.2) is 4.79 Å². The first kappa shape index (κ1) is 24.4. The number of carbonyl (C=O) groups excluding carboxylic acids is 1. The lowest BCUT2D eigenvalue weighted by Gasteiger charge is -2.27. The van der Waals surface area contributed by atoms with Crippen molar-refractivity contribution in [2.45, 2.75) is 51.9 Å². The van der Waals surface area contributed by atoms with E-state index in [1.54, 1.807) is 45.9 Å². The average Bonchev–Trinajstić information content (AvgIpc) is 2.70. The lowest BCUT2D eigenvalue weighted by molar-refractivity contribution is -0.160. The highest BCUT2D eigenvalue weighted by molar-refractivity contribution is 6.31. The minimum atomic E-state index is -0.917. The summed E-state index contributed by atoms with van der Waals surface area (Å²) in [5, 5.41) is 9.88. The molecule has 0 aliphatic heterocycles. The van der Waals surface area contributed by atoms with E-state index in [1.165, 1.54) is 31.0 Å². The average molecular weight is 447 g/mol. The van der Waals surface area contributed by atoms with Gasteiger partial charge in [0.15, 0.2) is 0 Å². The van der Waals surface area contributed by atoms with Gasteiger partial charge in [0.2, 0.25) is 0 Å². The number of nitrogens with zero attached hydrogens (tertiary/aromatic N) is 2. The van der Waals surface area contributed by atoms with Crippen LogP contribution in [0.1, 0.15) is 45.7 Å². The van der Waals surface area contributed by atoms with E-state index in [-0.39, 0.29) is 12.5 Å². The number of nitriles is 1. The molecule has 0 aliphatic rings. The Morgan fingerprint density at radius 1 is 1.23 bits per heavy atom. The van der Waals surface area contributed by atoms with E-state index in [0.717, 1.165) is 0 Å². The van der Waals surface area contributed by atoms with E-state index in [2.05, 4.69) is 6.07 Å². The Bertz CT molecular complexity index is 1050. The van der Waals surface area contributed by atoms with Crippen LogP contribution in [0.2, 0.25) is 5.02 Å². The highest BCUT2D eigenvalue weighted by Crippen LogP contribution is 2.34. The number of pyridine rings is 1. The van der Waals surface area contributed by atoms with Gasteiger partial charge in [-0.05, 0) is 45.9 Å². The number of carbonyl (C=O) groups is 1. The second-order valence-electron chi connectivity index (χ2n) is 8.13. The quantitative estimate of drug-likeness (QED) is 0.587. The maximum Gasteiger partial charge on any atom is 0.329 e. The fourth-order valence-corrected chi connectivity index (χ4v) is 3.26. The van der Waals surface area contributed by atoms with Crippen molar-refractivity contribution in [1.29, 1.82) is 5.26 Å². The first-order chi connectivity index (χ1) is 14.5. The van der Waals surface area contributed by atoms with Crippen LogP contribution in [0.15, 0.2) is 35.3 Å². The third-order valence-corrected chi connectivity index (χ3v) is 4.86. The van der Waals surface area contributed by atoms with Gasteiger partial charge in [0.25, 0.3) is 5.56 Å². The maximum atomic E-state index is 13.1. The number of ether oxygens (including phenoxy) is 3. The molecular formula is C23H27ClN2O5. The summed E-state index contributed by atoms with van der Waals surface area (Å²) in [7, 11) is 2.98. The molecule has 2 rings (SSSR count). The summed E-state index contributed by atoms with van der Waals surface area (Å²) < 4.78 is 17.6. The van der Waals surface area contributed by atoms with Crippen molar-refractivity contribution in [3.05, 3.63) is 51.4 Å². The van der Waals surface area contributed by atoms with Crippen molar-refractivity contribution in [3.8, 4) is 22.9 Å². The van der Waals surface area contributed by atoms with E-state index < -0.39 is 23.2 Å². The Balaban J connectivity index is 2.65. The molecule has 0 bridgehead atoms. The molecular weight excluding hydrogens is 420 g/mol. The number of hydrogen-bond acceptors (Lipinski definition) is 6. The van der Waals surface area contributed by atoms with Crippen LogP contribution in [-0.4, -0.2) is 36.5 Å². The number of aromatic nitrogens is 1. The molecule has 0 amide bonds. The van der Waals surface area contributed by atoms with Gasteiger partial charge in [-0.15, -0.1) is 0 Å². The highest BCUT2D eigenvalue weighted by atomic mass is 35.5. The van der Waals surface area contributed by atoms with Gasteiger partial charge in [0.1, 0.15) is 17.4 Å². The zero-order valence-electron chi connectivity index (χ0n) is 18.6. The van der Waals surface area contributed by atoms with Crippen LogP contribution in [0.4, 0.5) is 0 Å². The van der Waals surface area contributed by atoms with Crippen molar-refractivity contribution < 1.29 is 19.0 Å². The number of halogens is 1. The molecule has 0 aliphatic carbocycles. The van der Waals surface area contributed by atoms with Crippen LogP contribution in [0.5, 0.6) is 5.75 Å². The molecule has 0 radical (unpaired) electrons. The Morgan fingerprint density at radius 2 is 1.90 bits per heavy atom. The molecule has 7 nitrogen and oxygen atoms in total. The van der Waals surface area contributed by atoms with Gasteiger partial charge in [-0.3, -0.25) is 9.36 Å². The van der Waals surface area contributed by atoms with Gasteiger partial charge < -0.3 is 14.2 Å². The molecule has 1 aromatic heterocycles. The van der Waals surface area contributed by atoms with Crippen molar-refractivity contribution >= 4 is 17.6 Å². The molecule has 1 aromatic carbocycles. The molecule has 0 N–H and O–H groups in total. The molecule has 2 atom stereocenters. The third-order valence-electron chi connectivity index (χ3n) is 4.63. The molecule has 0 saturated heterocycles.